The molecule has 1 aliphatic rings. The van der Waals surface area contributed by atoms with Crippen molar-refractivity contribution in [3.8, 4) is 0 Å². The van der Waals surface area contributed by atoms with Crippen LogP contribution in [-0.2, 0) is 11.3 Å². The Morgan fingerprint density at radius 2 is 2.26 bits per heavy atom. The van der Waals surface area contributed by atoms with E-state index in [1.54, 1.807) is 6.07 Å². The smallest absolute Gasteiger partial charge is 0.306 e. The van der Waals surface area contributed by atoms with Crippen molar-refractivity contribution in [1.82, 2.24) is 9.88 Å². The summed E-state index contributed by atoms with van der Waals surface area (Å²) in [5.41, 5.74) is 0.605. The average Bonchev–Trinajstić information content (AvgIpc) is 2.95. The molecule has 0 spiro atoms. The quantitative estimate of drug-likeness (QED) is 0.890. The van der Waals surface area contributed by atoms with E-state index in [1.165, 1.54) is 0 Å². The molecular formula is C13H17BrN2O3. The monoisotopic (exact) mass is 328 g/mol. The van der Waals surface area contributed by atoms with Gasteiger partial charge in [-0.15, -0.1) is 0 Å². The topological polar surface area (TPSA) is 71.3 Å². The fourth-order valence-electron chi connectivity index (χ4n) is 2.52. The normalized spacial score (nSPS) is 22.4. The highest BCUT2D eigenvalue weighted by Crippen LogP contribution is 2.26. The molecule has 0 saturated heterocycles. The van der Waals surface area contributed by atoms with Gasteiger partial charge in [0.1, 0.15) is 5.69 Å². The van der Waals surface area contributed by atoms with E-state index in [0.717, 1.165) is 17.4 Å². The first-order valence-corrected chi connectivity index (χ1v) is 7.20. The third-order valence-electron chi connectivity index (χ3n) is 3.55. The first-order chi connectivity index (χ1) is 9.01. The van der Waals surface area contributed by atoms with Crippen molar-refractivity contribution >= 4 is 27.8 Å². The molecule has 0 radical (unpaired) electrons. The molecule has 1 aliphatic carbocycles. The van der Waals surface area contributed by atoms with Crippen LogP contribution in [0.25, 0.3) is 0 Å². The van der Waals surface area contributed by atoms with Crippen LogP contribution in [0.15, 0.2) is 16.7 Å². The number of aliphatic carboxylic acids is 1. The third-order valence-corrected chi connectivity index (χ3v) is 3.99. The van der Waals surface area contributed by atoms with E-state index in [9.17, 15) is 9.59 Å². The molecule has 6 heteroatoms. The Kier molecular flexibility index (Phi) is 4.29. The van der Waals surface area contributed by atoms with Gasteiger partial charge in [-0.1, -0.05) is 0 Å². The third kappa shape index (κ3) is 3.18. The van der Waals surface area contributed by atoms with Crippen molar-refractivity contribution in [2.75, 3.05) is 0 Å². The Morgan fingerprint density at radius 1 is 1.53 bits per heavy atom. The zero-order valence-corrected chi connectivity index (χ0v) is 12.3. The van der Waals surface area contributed by atoms with Gasteiger partial charge in [-0.3, -0.25) is 9.59 Å². The van der Waals surface area contributed by atoms with Gasteiger partial charge in [-0.05, 0) is 48.2 Å². The number of nitrogens with one attached hydrogen (secondary N) is 1. The van der Waals surface area contributed by atoms with E-state index in [4.69, 9.17) is 5.11 Å². The summed E-state index contributed by atoms with van der Waals surface area (Å²) in [7, 11) is 0. The number of carbonyl (C=O) groups is 2. The van der Waals surface area contributed by atoms with Crippen LogP contribution in [0.5, 0.6) is 0 Å². The number of nitrogens with zero attached hydrogens (tertiary/aromatic N) is 1. The lowest BCUT2D eigenvalue weighted by Gasteiger charge is -2.13. The van der Waals surface area contributed by atoms with Crippen LogP contribution >= 0.6 is 15.9 Å². The summed E-state index contributed by atoms with van der Waals surface area (Å²) in [5.74, 6) is -1.23. The standard InChI is InChI=1S/C13H17BrN2O3/c1-2-16-7-9(14)6-11(16)12(17)15-10-4-3-8(5-10)13(18)19/h6-8,10H,2-5H2,1H3,(H,15,17)(H,18,19)/t8-,10+/m0/s1. The van der Waals surface area contributed by atoms with Gasteiger partial charge in [0.15, 0.2) is 0 Å². The van der Waals surface area contributed by atoms with Gasteiger partial charge >= 0.3 is 5.97 Å². The van der Waals surface area contributed by atoms with E-state index >= 15 is 0 Å². The SMILES string of the molecule is CCn1cc(Br)cc1C(=O)N[C@@H]1CC[C@H](C(=O)O)C1. The molecule has 1 amide bonds. The molecule has 1 heterocycles. The molecule has 19 heavy (non-hydrogen) atoms. The average molecular weight is 329 g/mol. The number of halogens is 1. The molecule has 2 atom stereocenters. The number of rotatable bonds is 4. The van der Waals surface area contributed by atoms with Gasteiger partial charge in [0.2, 0.25) is 0 Å². The van der Waals surface area contributed by atoms with Gasteiger partial charge < -0.3 is 15.0 Å². The Hall–Kier alpha value is -1.30. The van der Waals surface area contributed by atoms with Gasteiger partial charge in [0.05, 0.1) is 5.92 Å². The zero-order chi connectivity index (χ0) is 14.0. The number of amides is 1. The predicted octanol–water partition coefficient (Wildman–Crippen LogP) is 2.25. The largest absolute Gasteiger partial charge is 0.481 e. The van der Waals surface area contributed by atoms with Crippen molar-refractivity contribution in [2.45, 2.75) is 38.8 Å². The Labute approximate surface area is 120 Å². The second kappa shape index (κ2) is 5.77. The zero-order valence-electron chi connectivity index (χ0n) is 10.7. The summed E-state index contributed by atoms with van der Waals surface area (Å²) in [6, 6.07) is 1.75. The number of carboxylic acids is 1. The molecule has 0 aliphatic heterocycles. The lowest BCUT2D eigenvalue weighted by Crippen LogP contribution is -2.34. The molecule has 0 aromatic carbocycles. The lowest BCUT2D eigenvalue weighted by molar-refractivity contribution is -0.141. The van der Waals surface area contributed by atoms with Gasteiger partial charge in [-0.2, -0.15) is 0 Å². The molecule has 5 nitrogen and oxygen atoms in total. The van der Waals surface area contributed by atoms with Crippen LogP contribution in [-0.4, -0.2) is 27.6 Å². The summed E-state index contributed by atoms with van der Waals surface area (Å²) in [6.45, 7) is 2.69. The van der Waals surface area contributed by atoms with Crippen molar-refractivity contribution < 1.29 is 14.7 Å². The van der Waals surface area contributed by atoms with Crippen molar-refractivity contribution in [2.24, 2.45) is 5.92 Å². The van der Waals surface area contributed by atoms with Crippen LogP contribution in [0, 0.1) is 5.92 Å². The van der Waals surface area contributed by atoms with Gasteiger partial charge in [0.25, 0.3) is 5.91 Å². The highest BCUT2D eigenvalue weighted by Gasteiger charge is 2.31. The predicted molar refractivity (Wildman–Crippen MR) is 74.0 cm³/mol. The van der Waals surface area contributed by atoms with E-state index in [1.807, 2.05) is 17.7 Å². The summed E-state index contributed by atoms with van der Waals surface area (Å²) < 4.78 is 2.73. The lowest BCUT2D eigenvalue weighted by atomic mass is 10.1. The molecule has 2 N–H and O–H groups in total. The van der Waals surface area contributed by atoms with Crippen LogP contribution in [0.3, 0.4) is 0 Å². The van der Waals surface area contributed by atoms with E-state index in [0.29, 0.717) is 18.5 Å². The molecule has 2 rings (SSSR count). The second-order valence-corrected chi connectivity index (χ2v) is 5.76. The number of carboxylic acid groups (broad SMARTS) is 1. The molecule has 1 aromatic rings. The maximum Gasteiger partial charge on any atom is 0.306 e. The first-order valence-electron chi connectivity index (χ1n) is 6.40. The van der Waals surface area contributed by atoms with E-state index in [-0.39, 0.29) is 17.9 Å². The molecule has 0 unspecified atom stereocenters. The molecular weight excluding hydrogens is 312 g/mol. The number of hydrogen-bond acceptors (Lipinski definition) is 2. The minimum Gasteiger partial charge on any atom is -0.481 e. The van der Waals surface area contributed by atoms with Crippen molar-refractivity contribution in [1.29, 1.82) is 0 Å². The Morgan fingerprint density at radius 3 is 2.84 bits per heavy atom. The minimum atomic E-state index is -0.767. The van der Waals surface area contributed by atoms with Gasteiger partial charge in [0, 0.05) is 23.3 Å². The number of hydrogen-bond donors (Lipinski definition) is 2. The summed E-state index contributed by atoms with van der Waals surface area (Å²) >= 11 is 3.35. The van der Waals surface area contributed by atoms with Gasteiger partial charge in [-0.25, -0.2) is 0 Å². The molecule has 0 bridgehead atoms. The second-order valence-electron chi connectivity index (χ2n) is 4.85. The Bertz CT molecular complexity index is 498. The summed E-state index contributed by atoms with van der Waals surface area (Å²) in [5, 5.41) is 11.9. The van der Waals surface area contributed by atoms with Crippen LogP contribution < -0.4 is 5.32 Å². The highest BCUT2D eigenvalue weighted by molar-refractivity contribution is 9.10. The Balaban J connectivity index is 2.00. The highest BCUT2D eigenvalue weighted by atomic mass is 79.9. The van der Waals surface area contributed by atoms with Crippen LogP contribution in [0.2, 0.25) is 0 Å². The molecule has 1 fully saturated rings. The van der Waals surface area contributed by atoms with E-state index in [2.05, 4.69) is 21.2 Å². The summed E-state index contributed by atoms with van der Waals surface area (Å²) in [6.07, 6.45) is 3.76. The molecule has 1 saturated carbocycles. The fourth-order valence-corrected chi connectivity index (χ4v) is 2.99. The molecule has 1 aromatic heterocycles. The van der Waals surface area contributed by atoms with Crippen molar-refractivity contribution in [3.05, 3.63) is 22.4 Å². The van der Waals surface area contributed by atoms with Crippen molar-refractivity contribution in [3.63, 3.8) is 0 Å². The van der Waals surface area contributed by atoms with Crippen LogP contribution in [0.4, 0.5) is 0 Å². The fraction of sp³-hybridized carbons (Fsp3) is 0.538. The maximum atomic E-state index is 12.2. The van der Waals surface area contributed by atoms with E-state index < -0.39 is 5.97 Å². The van der Waals surface area contributed by atoms with Crippen LogP contribution in [0.1, 0.15) is 36.7 Å². The number of aryl methyl sites for hydroxylation is 1. The summed E-state index contributed by atoms with van der Waals surface area (Å²) in [4.78, 5) is 23.1. The minimum absolute atomic E-state index is 0.0346. The molecule has 104 valence electrons. The maximum absolute atomic E-state index is 12.2. The first kappa shape index (κ1) is 14.1. The number of aromatic nitrogens is 1. The number of carbonyl (C=O) groups excluding carboxylic acids is 1.